The zero-order chi connectivity index (χ0) is 12.2. The predicted octanol–water partition coefficient (Wildman–Crippen LogP) is 2.27. The molecule has 1 rings (SSSR count). The van der Waals surface area contributed by atoms with Crippen molar-refractivity contribution >= 4 is 10.0 Å². The van der Waals surface area contributed by atoms with E-state index < -0.39 is 10.0 Å². The van der Waals surface area contributed by atoms with Crippen LogP contribution in [-0.2, 0) is 10.0 Å². The van der Waals surface area contributed by atoms with Gasteiger partial charge in [-0.15, -0.1) is 11.8 Å². The fourth-order valence-electron chi connectivity index (χ4n) is 1.06. The van der Waals surface area contributed by atoms with Gasteiger partial charge in [-0.2, -0.15) is 0 Å². The summed E-state index contributed by atoms with van der Waals surface area (Å²) in [5.74, 6) is 5.36. The second-order valence-electron chi connectivity index (χ2n) is 3.45. The van der Waals surface area contributed by atoms with E-state index in [0.717, 1.165) is 6.26 Å². The van der Waals surface area contributed by atoms with E-state index in [9.17, 15) is 8.42 Å². The molecule has 1 saturated carbocycles. The van der Waals surface area contributed by atoms with Crippen molar-refractivity contribution in [3.63, 3.8) is 0 Å². The largest absolute Gasteiger partial charge is 0.229 e. The van der Waals surface area contributed by atoms with Crippen molar-refractivity contribution in [2.24, 2.45) is 5.14 Å². The summed E-state index contributed by atoms with van der Waals surface area (Å²) in [4.78, 5) is 0. The van der Waals surface area contributed by atoms with Crippen molar-refractivity contribution in [3.05, 3.63) is 0 Å². The number of primary sulfonamides is 1. The summed E-state index contributed by atoms with van der Waals surface area (Å²) in [5.41, 5.74) is 0. The molecule has 0 aromatic heterocycles. The van der Waals surface area contributed by atoms with E-state index in [2.05, 4.69) is 17.0 Å². The Hall–Kier alpha value is -0.530. The Morgan fingerprint density at radius 3 is 1.07 bits per heavy atom. The van der Waals surface area contributed by atoms with E-state index >= 15 is 0 Å². The van der Waals surface area contributed by atoms with Gasteiger partial charge in [-0.05, 0) is 13.8 Å². The molecule has 0 radical (unpaired) electrons. The van der Waals surface area contributed by atoms with Gasteiger partial charge in [-0.25, -0.2) is 13.6 Å². The Bertz CT molecular complexity index is 243. The first-order chi connectivity index (χ1) is 6.91. The second-order valence-corrected chi connectivity index (χ2v) is 5.11. The number of nitrogens with two attached hydrogens (primary N) is 1. The minimum absolute atomic E-state index is 0.938. The molecule has 0 aromatic rings. The molecule has 0 aromatic carbocycles. The van der Waals surface area contributed by atoms with Gasteiger partial charge in [0.15, 0.2) is 0 Å². The molecule has 0 bridgehead atoms. The Balaban J connectivity index is 0. The molecular weight excluding hydrogens is 210 g/mol. The fourth-order valence-corrected chi connectivity index (χ4v) is 1.06. The van der Waals surface area contributed by atoms with Crippen LogP contribution in [0.2, 0.25) is 0 Å². The van der Waals surface area contributed by atoms with Crippen LogP contribution in [0.5, 0.6) is 0 Å². The molecule has 2 N–H and O–H groups in total. The zero-order valence-corrected chi connectivity index (χ0v) is 10.9. The van der Waals surface area contributed by atoms with Gasteiger partial charge in [0.1, 0.15) is 0 Å². The third-order valence-electron chi connectivity index (χ3n) is 1.75. The van der Waals surface area contributed by atoms with Gasteiger partial charge in [-0.3, -0.25) is 0 Å². The molecule has 0 spiro atoms. The summed E-state index contributed by atoms with van der Waals surface area (Å²) in [6, 6.07) is 0. The van der Waals surface area contributed by atoms with Crippen LogP contribution < -0.4 is 5.14 Å². The summed E-state index contributed by atoms with van der Waals surface area (Å²) in [5, 5.41) is 4.33. The van der Waals surface area contributed by atoms with Gasteiger partial charge in [0.05, 0.1) is 6.26 Å². The first-order valence-corrected chi connectivity index (χ1v) is 7.18. The lowest BCUT2D eigenvalue weighted by atomic mass is 10.0. The SMILES string of the molecule is C1CCCCC1.CC#CC.CS(N)(=O)=O. The van der Waals surface area contributed by atoms with Crippen molar-refractivity contribution in [2.75, 3.05) is 6.26 Å². The first kappa shape index (κ1) is 16.9. The highest BCUT2D eigenvalue weighted by molar-refractivity contribution is 7.88. The van der Waals surface area contributed by atoms with Crippen LogP contribution in [-0.4, -0.2) is 14.7 Å². The molecule has 4 heteroatoms. The van der Waals surface area contributed by atoms with Crippen molar-refractivity contribution in [3.8, 4) is 11.8 Å². The lowest BCUT2D eigenvalue weighted by Crippen LogP contribution is -2.07. The van der Waals surface area contributed by atoms with Gasteiger partial charge in [-0.1, -0.05) is 38.5 Å². The smallest absolute Gasteiger partial charge is 0.206 e. The van der Waals surface area contributed by atoms with Crippen LogP contribution in [0.3, 0.4) is 0 Å². The summed E-state index contributed by atoms with van der Waals surface area (Å²) in [6.45, 7) is 3.64. The maximum absolute atomic E-state index is 9.41. The maximum atomic E-state index is 9.41. The van der Waals surface area contributed by atoms with E-state index in [1.807, 2.05) is 13.8 Å². The lowest BCUT2D eigenvalue weighted by Gasteiger charge is -2.05. The van der Waals surface area contributed by atoms with E-state index in [1.54, 1.807) is 0 Å². The van der Waals surface area contributed by atoms with Gasteiger partial charge in [0.2, 0.25) is 10.0 Å². The highest BCUT2D eigenvalue weighted by Crippen LogP contribution is 2.15. The average Bonchev–Trinajstić information content (AvgIpc) is 2.18. The van der Waals surface area contributed by atoms with Crippen molar-refractivity contribution in [1.29, 1.82) is 0 Å². The molecule has 3 nitrogen and oxygen atoms in total. The van der Waals surface area contributed by atoms with E-state index in [0.29, 0.717) is 0 Å². The number of rotatable bonds is 0. The van der Waals surface area contributed by atoms with Crippen molar-refractivity contribution < 1.29 is 8.42 Å². The van der Waals surface area contributed by atoms with E-state index in [-0.39, 0.29) is 0 Å². The fraction of sp³-hybridized carbons (Fsp3) is 0.818. The van der Waals surface area contributed by atoms with E-state index in [4.69, 9.17) is 0 Å². The highest BCUT2D eigenvalue weighted by Gasteiger charge is 1.95. The molecule has 0 unspecified atom stereocenters. The monoisotopic (exact) mass is 233 g/mol. The normalized spacial score (nSPS) is 14.4. The van der Waals surface area contributed by atoms with E-state index in [1.165, 1.54) is 38.5 Å². The van der Waals surface area contributed by atoms with Crippen LogP contribution in [0.15, 0.2) is 0 Å². The predicted molar refractivity (Wildman–Crippen MR) is 65.9 cm³/mol. The summed E-state index contributed by atoms with van der Waals surface area (Å²) < 4.78 is 18.8. The molecular formula is C11H23NO2S. The average molecular weight is 233 g/mol. The molecule has 90 valence electrons. The molecule has 1 aliphatic carbocycles. The molecule has 0 amide bonds. The topological polar surface area (TPSA) is 60.2 Å². The third-order valence-corrected chi connectivity index (χ3v) is 1.75. The van der Waals surface area contributed by atoms with Crippen LogP contribution in [0.25, 0.3) is 0 Å². The molecule has 0 heterocycles. The minimum atomic E-state index is -3.17. The molecule has 1 fully saturated rings. The second kappa shape index (κ2) is 11.5. The molecule has 1 aliphatic rings. The Morgan fingerprint density at radius 2 is 1.00 bits per heavy atom. The quantitative estimate of drug-likeness (QED) is 0.652. The standard InChI is InChI=1S/C6H12.C4H6.CH5NO2S/c1-2-4-6-5-3-1;1-3-4-2;1-5(2,3)4/h1-6H2;1-2H3;1H3,(H2,2,3,4). The molecule has 0 saturated heterocycles. The summed E-state index contributed by atoms with van der Waals surface area (Å²) >= 11 is 0. The molecule has 0 atom stereocenters. The number of hydrogen-bond acceptors (Lipinski definition) is 2. The minimum Gasteiger partial charge on any atom is -0.229 e. The van der Waals surface area contributed by atoms with Crippen LogP contribution >= 0.6 is 0 Å². The number of hydrogen-bond donors (Lipinski definition) is 1. The van der Waals surface area contributed by atoms with Gasteiger partial charge < -0.3 is 0 Å². The Labute approximate surface area is 94.5 Å². The Morgan fingerprint density at radius 1 is 0.867 bits per heavy atom. The van der Waals surface area contributed by atoms with Crippen LogP contribution in [0, 0.1) is 11.8 Å². The van der Waals surface area contributed by atoms with Gasteiger partial charge in [0.25, 0.3) is 0 Å². The first-order valence-electron chi connectivity index (χ1n) is 5.23. The Kier molecular flexibility index (Phi) is 13.0. The van der Waals surface area contributed by atoms with Gasteiger partial charge in [0, 0.05) is 0 Å². The highest BCUT2D eigenvalue weighted by atomic mass is 32.2. The van der Waals surface area contributed by atoms with Crippen LogP contribution in [0.4, 0.5) is 0 Å². The van der Waals surface area contributed by atoms with Crippen molar-refractivity contribution in [1.82, 2.24) is 0 Å². The van der Waals surface area contributed by atoms with Gasteiger partial charge >= 0.3 is 0 Å². The summed E-state index contributed by atoms with van der Waals surface area (Å²) in [6.07, 6.45) is 9.94. The third kappa shape index (κ3) is 42.3. The zero-order valence-electron chi connectivity index (χ0n) is 10.0. The maximum Gasteiger partial charge on any atom is 0.206 e. The molecule has 0 aliphatic heterocycles. The van der Waals surface area contributed by atoms with Crippen molar-refractivity contribution in [2.45, 2.75) is 52.4 Å². The van der Waals surface area contributed by atoms with Crippen LogP contribution in [0.1, 0.15) is 52.4 Å². The number of sulfonamides is 1. The lowest BCUT2D eigenvalue weighted by molar-refractivity contribution is 0.504. The molecule has 15 heavy (non-hydrogen) atoms. The summed E-state index contributed by atoms with van der Waals surface area (Å²) in [7, 11) is -3.17.